The lowest BCUT2D eigenvalue weighted by atomic mass is 9.98. The molecule has 5 nitrogen and oxygen atoms in total. The van der Waals surface area contributed by atoms with Crippen molar-refractivity contribution in [1.29, 1.82) is 5.26 Å². The Hall–Kier alpha value is -2.87. The number of hydrogen-bond donors (Lipinski definition) is 0. The Bertz CT molecular complexity index is 822. The van der Waals surface area contributed by atoms with Crippen LogP contribution in [0.2, 0.25) is 0 Å². The summed E-state index contributed by atoms with van der Waals surface area (Å²) in [5.41, 5.74) is 2.74. The van der Waals surface area contributed by atoms with E-state index in [9.17, 15) is 0 Å². The lowest BCUT2D eigenvalue weighted by Crippen LogP contribution is -2.45. The molecular formula is C16H13N5. The van der Waals surface area contributed by atoms with E-state index in [1.165, 1.54) is 0 Å². The maximum absolute atomic E-state index is 8.82. The second kappa shape index (κ2) is 4.60. The Labute approximate surface area is 122 Å². The molecule has 1 saturated heterocycles. The third kappa shape index (κ3) is 1.93. The molecule has 5 heteroatoms. The van der Waals surface area contributed by atoms with E-state index in [1.54, 1.807) is 0 Å². The molecule has 1 aliphatic heterocycles. The minimum absolute atomic E-state index is 0.401. The van der Waals surface area contributed by atoms with Gasteiger partial charge in [0.1, 0.15) is 5.82 Å². The van der Waals surface area contributed by atoms with E-state index in [1.807, 2.05) is 48.7 Å². The van der Waals surface area contributed by atoms with Crippen molar-refractivity contribution >= 4 is 11.3 Å². The number of aromatic nitrogens is 3. The maximum atomic E-state index is 8.82. The Morgan fingerprint density at radius 3 is 2.62 bits per heavy atom. The molecule has 0 N–H and O–H groups in total. The minimum atomic E-state index is 0.401. The lowest BCUT2D eigenvalue weighted by molar-refractivity contribution is 0.497. The molecule has 0 aliphatic carbocycles. The summed E-state index contributed by atoms with van der Waals surface area (Å²) in [5.74, 6) is 1.42. The van der Waals surface area contributed by atoms with Gasteiger partial charge in [0.05, 0.1) is 17.6 Å². The summed E-state index contributed by atoms with van der Waals surface area (Å²) in [6.45, 7) is 1.86. The molecule has 0 spiro atoms. The van der Waals surface area contributed by atoms with Crippen molar-refractivity contribution in [3.05, 3.63) is 60.0 Å². The van der Waals surface area contributed by atoms with E-state index >= 15 is 0 Å². The van der Waals surface area contributed by atoms with E-state index in [0.29, 0.717) is 11.5 Å². The molecule has 3 heterocycles. The van der Waals surface area contributed by atoms with Crippen LogP contribution in [0.1, 0.15) is 17.3 Å². The third-order valence-electron chi connectivity index (χ3n) is 3.95. The van der Waals surface area contributed by atoms with Crippen LogP contribution in [-0.4, -0.2) is 27.7 Å². The van der Waals surface area contributed by atoms with Crippen LogP contribution in [0.5, 0.6) is 0 Å². The summed E-state index contributed by atoms with van der Waals surface area (Å²) in [6.07, 6.45) is 2.01. The molecule has 0 amide bonds. The Kier molecular flexibility index (Phi) is 2.61. The first-order valence-corrected chi connectivity index (χ1v) is 6.90. The number of fused-ring (bicyclic) bond motifs is 1. The smallest absolute Gasteiger partial charge is 0.160 e. The number of rotatable bonds is 2. The normalized spacial score (nSPS) is 14.9. The van der Waals surface area contributed by atoms with E-state index in [0.717, 1.165) is 30.2 Å². The van der Waals surface area contributed by atoms with Crippen molar-refractivity contribution in [3.8, 4) is 6.07 Å². The molecule has 0 radical (unpaired) electrons. The van der Waals surface area contributed by atoms with Crippen LogP contribution in [-0.2, 0) is 0 Å². The highest BCUT2D eigenvalue weighted by Crippen LogP contribution is 2.30. The fourth-order valence-electron chi connectivity index (χ4n) is 2.74. The van der Waals surface area contributed by atoms with Crippen molar-refractivity contribution in [3.63, 3.8) is 0 Å². The average molecular weight is 275 g/mol. The summed E-state index contributed by atoms with van der Waals surface area (Å²) < 4.78 is 2.06. The van der Waals surface area contributed by atoms with Crippen LogP contribution in [0.15, 0.2) is 48.7 Å². The van der Waals surface area contributed by atoms with Gasteiger partial charge in [0.2, 0.25) is 0 Å². The first-order valence-electron chi connectivity index (χ1n) is 6.90. The zero-order valence-corrected chi connectivity index (χ0v) is 11.3. The topological polar surface area (TPSA) is 57.2 Å². The molecule has 0 saturated carbocycles. The molecule has 3 aromatic rings. The number of nitriles is 1. The van der Waals surface area contributed by atoms with Gasteiger partial charge in [0.15, 0.2) is 5.65 Å². The number of nitrogens with zero attached hydrogens (tertiary/aromatic N) is 5. The van der Waals surface area contributed by atoms with Crippen LogP contribution < -0.4 is 4.90 Å². The summed E-state index contributed by atoms with van der Waals surface area (Å²) in [5, 5.41) is 17.3. The van der Waals surface area contributed by atoms with Gasteiger partial charge in [-0.15, -0.1) is 10.2 Å². The second-order valence-corrected chi connectivity index (χ2v) is 5.25. The van der Waals surface area contributed by atoms with Gasteiger partial charge in [-0.25, -0.2) is 0 Å². The fourth-order valence-corrected chi connectivity index (χ4v) is 2.74. The highest BCUT2D eigenvalue weighted by Gasteiger charge is 2.31. The van der Waals surface area contributed by atoms with Crippen LogP contribution in [0.25, 0.3) is 5.65 Å². The van der Waals surface area contributed by atoms with Crippen LogP contribution in [0, 0.1) is 11.3 Å². The van der Waals surface area contributed by atoms with Gasteiger partial charge in [-0.1, -0.05) is 6.07 Å². The van der Waals surface area contributed by atoms with Gasteiger partial charge >= 0.3 is 0 Å². The van der Waals surface area contributed by atoms with Gasteiger partial charge in [-0.2, -0.15) is 5.26 Å². The summed E-state index contributed by atoms with van der Waals surface area (Å²) in [6, 6.07) is 15.8. The summed E-state index contributed by atoms with van der Waals surface area (Å²) >= 11 is 0. The predicted octanol–water partition coefficient (Wildman–Crippen LogP) is 2.20. The molecule has 0 unspecified atom stereocenters. The molecule has 102 valence electrons. The number of pyridine rings is 1. The number of hydrogen-bond acceptors (Lipinski definition) is 4. The molecule has 21 heavy (non-hydrogen) atoms. The van der Waals surface area contributed by atoms with Crippen molar-refractivity contribution in [2.24, 2.45) is 0 Å². The van der Waals surface area contributed by atoms with Crippen molar-refractivity contribution < 1.29 is 0 Å². The third-order valence-corrected chi connectivity index (χ3v) is 3.95. The molecule has 1 aromatic carbocycles. The van der Waals surface area contributed by atoms with Gasteiger partial charge < -0.3 is 4.90 Å². The fraction of sp³-hybridized carbons (Fsp3) is 0.188. The van der Waals surface area contributed by atoms with E-state index in [-0.39, 0.29) is 0 Å². The largest absolute Gasteiger partial charge is 0.370 e. The van der Waals surface area contributed by atoms with E-state index in [4.69, 9.17) is 5.26 Å². The SMILES string of the molecule is N#Cc1ccc(N2CC(c3nnc4ccccn34)C2)cc1. The zero-order valence-electron chi connectivity index (χ0n) is 11.3. The van der Waals surface area contributed by atoms with Gasteiger partial charge in [-0.05, 0) is 36.4 Å². The second-order valence-electron chi connectivity index (χ2n) is 5.25. The quantitative estimate of drug-likeness (QED) is 0.719. The Morgan fingerprint density at radius 1 is 1.05 bits per heavy atom. The number of anilines is 1. The first kappa shape index (κ1) is 11.9. The molecule has 0 bridgehead atoms. The lowest BCUT2D eigenvalue weighted by Gasteiger charge is -2.40. The molecule has 1 fully saturated rings. The molecule has 2 aromatic heterocycles. The van der Waals surface area contributed by atoms with Gasteiger partial charge in [0.25, 0.3) is 0 Å². The number of benzene rings is 1. The first-order chi connectivity index (χ1) is 10.3. The van der Waals surface area contributed by atoms with E-state index in [2.05, 4.69) is 25.6 Å². The molecule has 0 atom stereocenters. The highest BCUT2D eigenvalue weighted by molar-refractivity contribution is 5.53. The van der Waals surface area contributed by atoms with Crippen LogP contribution >= 0.6 is 0 Å². The predicted molar refractivity (Wildman–Crippen MR) is 79.1 cm³/mol. The molecule has 4 rings (SSSR count). The highest BCUT2D eigenvalue weighted by atomic mass is 15.3. The van der Waals surface area contributed by atoms with Crippen molar-refractivity contribution in [2.75, 3.05) is 18.0 Å². The standard InChI is InChI=1S/C16H13N5/c17-9-12-4-6-14(7-5-12)20-10-13(11-20)16-19-18-15-3-1-2-8-21(15)16/h1-8,13H,10-11H2. The molecule has 1 aliphatic rings. The zero-order chi connectivity index (χ0) is 14.2. The summed E-state index contributed by atoms with van der Waals surface area (Å²) in [7, 11) is 0. The van der Waals surface area contributed by atoms with Gasteiger partial charge in [0, 0.05) is 25.0 Å². The maximum Gasteiger partial charge on any atom is 0.160 e. The monoisotopic (exact) mass is 275 g/mol. The summed E-state index contributed by atoms with van der Waals surface area (Å²) in [4.78, 5) is 2.29. The molecular weight excluding hydrogens is 262 g/mol. The van der Waals surface area contributed by atoms with Crippen molar-refractivity contribution in [1.82, 2.24) is 14.6 Å². The Morgan fingerprint density at radius 2 is 1.86 bits per heavy atom. The van der Waals surface area contributed by atoms with Crippen molar-refractivity contribution in [2.45, 2.75) is 5.92 Å². The minimum Gasteiger partial charge on any atom is -0.370 e. The van der Waals surface area contributed by atoms with Crippen LogP contribution in [0.4, 0.5) is 5.69 Å². The van der Waals surface area contributed by atoms with Gasteiger partial charge in [-0.3, -0.25) is 4.40 Å². The Balaban J connectivity index is 1.53. The van der Waals surface area contributed by atoms with E-state index < -0.39 is 0 Å². The van der Waals surface area contributed by atoms with Crippen LogP contribution in [0.3, 0.4) is 0 Å². The average Bonchev–Trinajstić information content (AvgIpc) is 2.91.